The minimum Gasteiger partial charge on any atom is -0.489 e. The summed E-state index contributed by atoms with van der Waals surface area (Å²) in [5, 5.41) is 61.1. The molecule has 10 heterocycles. The van der Waals surface area contributed by atoms with Crippen molar-refractivity contribution in [1.82, 2.24) is 84.9 Å². The van der Waals surface area contributed by atoms with Crippen molar-refractivity contribution >= 4 is 89.7 Å². The first-order valence-corrected chi connectivity index (χ1v) is 48.6. The molecule has 0 bridgehead atoms. The number of nitrogens with zero attached hydrogens (tertiary/aromatic N) is 15. The molecule has 5 N–H and O–H groups in total. The standard InChI is InChI=1S/C29H38ClN5O4.C24H30ClN5O2.C16H25N3O4.C14H21N3O4.C11H21NO2.C6H8N2O2.ClH/c1-27(2,3)39-26(37)34-13-10-19(11-14-34)35-15-12-22(33-35)23(36)32-24-28(4,5)25(29(24,6)7)38-20-9-8-18(17-31)21(30)16-20;1-23(2)21(24(3,4)22(23)32-17-6-5-15(14-26)18(25)13-17)28-20(31)19-9-12-30(29-19)16-7-10-27-11-8-16;1-5-22-14(20)13-8-11-19(17-13)12-6-9-18(10-7-12)15(21)23-16(2,3)4;1-14(2,3)21-13(20)16-7-4-10(5-8-16)17-9-6-11(15-17)12(18)19;1-9-5-7-12(8-6-9)10(13)14-11(2,3)4;1-2-10-6(9)5-3-4-7-8-5;/h8-9,12,15-16,19,24-25H,10-11,13-14H2,1-7H3,(H,32,36);5-6,9,12-13,16,21-22,27H,7-8,10-11H2,1-4H3,(H,28,31);8,11-12H,5-7,9-10H2,1-4H3;6,9-10H,4-5,7-8H2,1-3H3,(H,18,19);9H,5-8H2,1-4H3;3-4H,2H2,1H3,(H,7,8);1H. The molecule has 140 heavy (non-hydrogen) atoms. The van der Waals surface area contributed by atoms with Crippen molar-refractivity contribution in [3.63, 3.8) is 0 Å². The largest absolute Gasteiger partial charge is 0.489 e. The van der Waals surface area contributed by atoms with E-state index in [1.807, 2.05) is 110 Å². The Labute approximate surface area is 838 Å². The molecule has 0 atom stereocenters. The summed E-state index contributed by atoms with van der Waals surface area (Å²) in [5.74, 6) is -0.238. The fourth-order valence-corrected chi connectivity index (χ4v) is 18.9. The number of hydrogen-bond donors (Lipinski definition) is 5. The maximum absolute atomic E-state index is 13.2. The van der Waals surface area contributed by atoms with Crippen molar-refractivity contribution in [3.05, 3.63) is 147 Å². The zero-order chi connectivity index (χ0) is 103. The molecule has 7 aliphatic rings. The number of halogens is 3. The summed E-state index contributed by atoms with van der Waals surface area (Å²) in [5.41, 5.74) is -0.843. The number of nitrogens with one attached hydrogen (secondary N) is 4. The Hall–Kier alpha value is -11.7. The highest BCUT2D eigenvalue weighted by Gasteiger charge is 2.65. The molecule has 768 valence electrons. The number of carboxylic acid groups (broad SMARTS) is 1. The van der Waals surface area contributed by atoms with Crippen molar-refractivity contribution < 1.29 is 86.2 Å². The van der Waals surface area contributed by atoms with E-state index in [2.05, 4.69) is 126 Å². The number of rotatable bonds is 17. The molecule has 14 rings (SSSR count). The van der Waals surface area contributed by atoms with Crippen LogP contribution in [0, 0.1) is 50.2 Å². The Morgan fingerprint density at radius 2 is 0.743 bits per heavy atom. The predicted molar refractivity (Wildman–Crippen MR) is 528 cm³/mol. The van der Waals surface area contributed by atoms with E-state index < -0.39 is 28.7 Å². The molecule has 5 saturated heterocycles. The number of benzene rings is 2. The van der Waals surface area contributed by atoms with Crippen LogP contribution in [0.4, 0.5) is 19.2 Å². The minimum atomic E-state index is -1.03. The van der Waals surface area contributed by atoms with Gasteiger partial charge in [-0.3, -0.25) is 33.4 Å². The van der Waals surface area contributed by atoms with Crippen molar-refractivity contribution in [2.24, 2.45) is 27.6 Å². The lowest BCUT2D eigenvalue weighted by atomic mass is 9.49. The van der Waals surface area contributed by atoms with E-state index in [9.17, 15) is 43.2 Å². The van der Waals surface area contributed by atoms with E-state index in [-0.39, 0.29) is 130 Å². The number of hydrogen-bond acceptors (Lipinski definition) is 25. The monoisotopic (exact) mass is 2000 g/mol. The Balaban J connectivity index is 0.000000215. The van der Waals surface area contributed by atoms with Crippen LogP contribution in [0.1, 0.15) is 311 Å². The normalized spacial score (nSPS) is 19.6. The van der Waals surface area contributed by atoms with Gasteiger partial charge >= 0.3 is 42.3 Å². The molecule has 0 spiro atoms. The summed E-state index contributed by atoms with van der Waals surface area (Å²) in [7, 11) is 0. The second kappa shape index (κ2) is 48.7. The topological polar surface area (TPSA) is 444 Å². The van der Waals surface area contributed by atoms with E-state index >= 15 is 0 Å². The van der Waals surface area contributed by atoms with Gasteiger partial charge in [0.1, 0.15) is 75.3 Å². The average molecular weight is 2010 g/mol. The van der Waals surface area contributed by atoms with Crippen molar-refractivity contribution in [3.8, 4) is 23.6 Å². The first-order valence-electron chi connectivity index (χ1n) is 47.8. The van der Waals surface area contributed by atoms with Crippen LogP contribution in [-0.4, -0.2) is 253 Å². The van der Waals surface area contributed by atoms with Crippen LogP contribution < -0.4 is 25.4 Å². The second-order valence-corrected chi connectivity index (χ2v) is 43.1. The zero-order valence-corrected chi connectivity index (χ0v) is 87.6. The lowest BCUT2D eigenvalue weighted by molar-refractivity contribution is -0.164. The number of likely N-dealkylation sites (tertiary alicyclic amines) is 4. The Bertz CT molecular complexity index is 5360. The molecule has 6 amide bonds. The molecule has 7 aromatic rings. The highest BCUT2D eigenvalue weighted by atomic mass is 35.5. The van der Waals surface area contributed by atoms with Gasteiger partial charge in [-0.2, -0.15) is 36.0 Å². The first kappa shape index (κ1) is 114. The summed E-state index contributed by atoms with van der Waals surface area (Å²) in [6.07, 6.45) is 16.1. The van der Waals surface area contributed by atoms with Gasteiger partial charge in [-0.1, -0.05) is 85.5 Å². The predicted octanol–water partition coefficient (Wildman–Crippen LogP) is 18.0. The van der Waals surface area contributed by atoms with Crippen LogP contribution in [-0.2, 0) is 28.4 Å². The molecule has 37 nitrogen and oxygen atoms in total. The number of carboxylic acids is 1. The summed E-state index contributed by atoms with van der Waals surface area (Å²) in [4.78, 5) is 114. The fourth-order valence-electron chi connectivity index (χ4n) is 18.5. The smallest absolute Gasteiger partial charge is 0.410 e. The first-order chi connectivity index (χ1) is 65.1. The quantitative estimate of drug-likeness (QED) is 0.0417. The van der Waals surface area contributed by atoms with Crippen LogP contribution in [0.25, 0.3) is 0 Å². The molecule has 5 aromatic heterocycles. The fraction of sp³-hybridized carbons (Fsp3) is 0.620. The van der Waals surface area contributed by atoms with E-state index in [0.29, 0.717) is 114 Å². The molecule has 2 aliphatic carbocycles. The molecule has 7 fully saturated rings. The molecular weight excluding hydrogens is 1860 g/mol. The number of aromatic nitrogens is 10. The number of nitriles is 2. The highest BCUT2D eigenvalue weighted by molar-refractivity contribution is 6.32. The summed E-state index contributed by atoms with van der Waals surface area (Å²) >= 11 is 12.4. The third-order valence-corrected chi connectivity index (χ3v) is 25.7. The lowest BCUT2D eigenvalue weighted by Gasteiger charge is -2.63. The van der Waals surface area contributed by atoms with Crippen LogP contribution in [0.3, 0.4) is 0 Å². The number of carbonyl (C=O) groups is 9. The van der Waals surface area contributed by atoms with Gasteiger partial charge in [-0.05, 0) is 235 Å². The number of aromatic amines is 1. The summed E-state index contributed by atoms with van der Waals surface area (Å²) in [6, 6.07) is 23.0. The third-order valence-electron chi connectivity index (χ3n) is 25.0. The minimum absolute atomic E-state index is 0. The van der Waals surface area contributed by atoms with Crippen molar-refractivity contribution in [2.75, 3.05) is 78.7 Å². The van der Waals surface area contributed by atoms with Crippen LogP contribution in [0.15, 0.2) is 97.7 Å². The van der Waals surface area contributed by atoms with Gasteiger partial charge in [0.25, 0.3) is 11.8 Å². The average Bonchev–Trinajstić information content (AvgIpc) is 0.886. The van der Waals surface area contributed by atoms with Crippen molar-refractivity contribution in [2.45, 2.75) is 294 Å². The van der Waals surface area contributed by atoms with Gasteiger partial charge in [0.05, 0.1) is 58.6 Å². The number of amides is 6. The maximum Gasteiger partial charge on any atom is 0.410 e. The Kier molecular flexibility index (Phi) is 39.5. The molecule has 0 radical (unpaired) electrons. The molecule has 2 saturated carbocycles. The van der Waals surface area contributed by atoms with E-state index in [0.717, 1.165) is 96.3 Å². The van der Waals surface area contributed by atoms with Crippen LogP contribution in [0.5, 0.6) is 11.5 Å². The SMILES string of the molecule is CC(C)(C)OC(=O)N1CCC(n2ccc(C(=O)NC3C(C)(C)C(Oc4ccc(C#N)c(Cl)c4)C3(C)C)n2)CC1.CC(C)(C)OC(=O)N1CCC(n2ccc(C(=O)O)n2)CC1.CC1(C)C(NC(=O)c2ccn(C3CCNCC3)n2)C(C)(C)C1Oc1ccc(C#N)c(Cl)c1.CC1CCN(C(=O)OC(C)(C)C)CC1.CCOC(=O)c1ccn(C2CCN(C(=O)OC(C)(C)C)CC2)n1.CCOC(=O)c1ccn[nH]1.Cl. The van der Waals surface area contributed by atoms with E-state index in [1.165, 1.54) is 12.3 Å². The van der Waals surface area contributed by atoms with E-state index in [4.69, 9.17) is 72.0 Å². The number of piperidine rings is 5. The van der Waals surface area contributed by atoms with Gasteiger partial charge in [-0.25, -0.2) is 33.6 Å². The number of ether oxygens (including phenoxy) is 8. The van der Waals surface area contributed by atoms with Gasteiger partial charge in [0.2, 0.25) is 0 Å². The molecule has 40 heteroatoms. The molecule has 5 aliphatic heterocycles. The number of esters is 2. The highest BCUT2D eigenvalue weighted by Crippen LogP contribution is 2.57. The van der Waals surface area contributed by atoms with Gasteiger partial charge < -0.3 is 78.6 Å². The van der Waals surface area contributed by atoms with E-state index in [1.54, 1.807) is 111 Å². The Morgan fingerprint density at radius 3 is 1.04 bits per heavy atom. The number of carbonyl (C=O) groups excluding carboxylic acids is 8. The Morgan fingerprint density at radius 1 is 0.443 bits per heavy atom. The van der Waals surface area contributed by atoms with Crippen LogP contribution in [0.2, 0.25) is 10.0 Å². The lowest BCUT2D eigenvalue weighted by Crippen LogP contribution is -2.74. The van der Waals surface area contributed by atoms with Gasteiger partial charge in [0, 0.05) is 129 Å². The number of aromatic carboxylic acids is 1. The van der Waals surface area contributed by atoms with Gasteiger partial charge in [0.15, 0.2) is 11.4 Å². The molecule has 0 unspecified atom stereocenters. The van der Waals surface area contributed by atoms with Gasteiger partial charge in [-0.15, -0.1) is 12.4 Å². The molecular formula is C100H144Cl3N19O18. The second-order valence-electron chi connectivity index (χ2n) is 42.3. The maximum atomic E-state index is 13.2. The molecule has 2 aromatic carbocycles. The van der Waals surface area contributed by atoms with Crippen LogP contribution >= 0.6 is 35.6 Å². The zero-order valence-electron chi connectivity index (χ0n) is 85.2. The van der Waals surface area contributed by atoms with Crippen molar-refractivity contribution in [1.29, 1.82) is 10.5 Å². The summed E-state index contributed by atoms with van der Waals surface area (Å²) < 4.78 is 50.9. The summed E-state index contributed by atoms with van der Waals surface area (Å²) in [6.45, 7) is 52.7. The third kappa shape index (κ3) is 31.4. The number of H-pyrrole nitrogens is 1.